The van der Waals surface area contributed by atoms with E-state index in [0.717, 1.165) is 44.1 Å². The van der Waals surface area contributed by atoms with Crippen molar-refractivity contribution in [2.24, 2.45) is 40.2 Å². The van der Waals surface area contributed by atoms with Crippen LogP contribution in [-0.4, -0.2) is 88.1 Å². The van der Waals surface area contributed by atoms with Gasteiger partial charge in [0.1, 0.15) is 35.9 Å². The SMILES string of the molecule is CC(C)(C)OC(=O)[C@@H]1[C@H]2CCC[C@H]2CN1C(=O)[C@@H](N)C(C)(C)C.CC(C)(C)OC(=O)[C@@H]1[C@H]2CCC[C@H]2CN1C(=O)[C@@H](NC(=O)OCc1ccccc1)C(C)(C)C. The summed E-state index contributed by atoms with van der Waals surface area (Å²) in [4.78, 5) is 68.5. The van der Waals surface area contributed by atoms with Gasteiger partial charge >= 0.3 is 18.0 Å². The number of benzene rings is 1. The molecule has 314 valence electrons. The zero-order valence-electron chi connectivity index (χ0n) is 36.1. The average Bonchev–Trinajstić information content (AvgIpc) is 3.85. The first-order chi connectivity index (χ1) is 25.8. The molecule has 2 saturated carbocycles. The smallest absolute Gasteiger partial charge is 0.408 e. The number of nitrogens with one attached hydrogen (secondary N) is 1. The molecule has 5 rings (SSSR count). The van der Waals surface area contributed by atoms with E-state index >= 15 is 0 Å². The Kier molecular flexibility index (Phi) is 14.0. The van der Waals surface area contributed by atoms with E-state index in [2.05, 4.69) is 5.32 Å². The molecule has 2 aliphatic heterocycles. The molecule has 2 heterocycles. The first kappa shape index (κ1) is 45.0. The Hall–Kier alpha value is -3.67. The minimum absolute atomic E-state index is 0.106. The molecule has 8 atom stereocenters. The van der Waals surface area contributed by atoms with Crippen LogP contribution < -0.4 is 11.1 Å². The number of amides is 3. The van der Waals surface area contributed by atoms with Crippen LogP contribution in [0.4, 0.5) is 4.79 Å². The second-order valence-electron chi connectivity index (χ2n) is 20.5. The summed E-state index contributed by atoms with van der Waals surface area (Å²) >= 11 is 0. The van der Waals surface area contributed by atoms with Gasteiger partial charge in [0.2, 0.25) is 11.8 Å². The number of hydrogen-bond donors (Lipinski definition) is 2. The average molecular weight is 783 g/mol. The van der Waals surface area contributed by atoms with E-state index in [1.807, 2.05) is 113 Å². The zero-order valence-corrected chi connectivity index (χ0v) is 36.1. The van der Waals surface area contributed by atoms with Crippen LogP contribution in [0.1, 0.15) is 127 Å². The third-order valence-electron chi connectivity index (χ3n) is 11.4. The standard InChI is InChI=1S/C26H38N2O5.C18H32N2O3/c1-25(2,3)21(27-24(31)32-16-17-11-8-7-9-12-17)22(29)28-15-18-13-10-14-19(18)20(28)23(30)33-26(4,5)6;1-17(2,3)14(19)15(21)20-10-11-8-7-9-12(11)13(20)16(22)23-18(4,5)6/h7-9,11-12,18-21H,10,13-16H2,1-6H3,(H,27,31);11-14H,7-10,19H2,1-6H3/t18-,19-,20-,21+;11-,12-,13-,14+/m00/s1. The fraction of sp³-hybridized carbons (Fsp3) is 0.750. The molecule has 56 heavy (non-hydrogen) atoms. The Balaban J connectivity index is 0.000000265. The van der Waals surface area contributed by atoms with Crippen LogP contribution in [0.3, 0.4) is 0 Å². The van der Waals surface area contributed by atoms with Gasteiger partial charge in [0.25, 0.3) is 0 Å². The molecule has 0 spiro atoms. The normalized spacial score (nSPS) is 25.9. The minimum atomic E-state index is -0.829. The van der Waals surface area contributed by atoms with Crippen LogP contribution in [0, 0.1) is 34.5 Å². The Bertz CT molecular complexity index is 1550. The predicted octanol–water partition coefficient (Wildman–Crippen LogP) is 6.62. The number of carbonyl (C=O) groups is 5. The number of nitrogens with zero attached hydrogens (tertiary/aromatic N) is 2. The van der Waals surface area contributed by atoms with Gasteiger partial charge in [-0.2, -0.15) is 0 Å². The summed E-state index contributed by atoms with van der Waals surface area (Å²) in [6, 6.07) is 6.86. The molecule has 0 unspecified atom stereocenters. The van der Waals surface area contributed by atoms with Gasteiger partial charge in [-0.15, -0.1) is 0 Å². The molecule has 3 N–H and O–H groups in total. The minimum Gasteiger partial charge on any atom is -0.458 e. The first-order valence-corrected chi connectivity index (χ1v) is 20.6. The van der Waals surface area contributed by atoms with Gasteiger partial charge in [0, 0.05) is 13.1 Å². The maximum absolute atomic E-state index is 13.8. The molecule has 2 saturated heterocycles. The third-order valence-corrected chi connectivity index (χ3v) is 11.4. The van der Waals surface area contributed by atoms with Gasteiger partial charge in [0.15, 0.2) is 0 Å². The first-order valence-electron chi connectivity index (χ1n) is 20.6. The summed E-state index contributed by atoms with van der Waals surface area (Å²) < 4.78 is 16.7. The summed E-state index contributed by atoms with van der Waals surface area (Å²) in [5.74, 6) is 0.00859. The Morgan fingerprint density at radius 3 is 1.54 bits per heavy atom. The van der Waals surface area contributed by atoms with Crippen LogP contribution >= 0.6 is 0 Å². The highest BCUT2D eigenvalue weighted by molar-refractivity contribution is 5.91. The molecule has 2 aliphatic carbocycles. The summed E-state index contributed by atoms with van der Waals surface area (Å²) in [6.45, 7) is 23.9. The number of nitrogens with two attached hydrogens (primary N) is 1. The van der Waals surface area contributed by atoms with Crippen molar-refractivity contribution in [2.75, 3.05) is 13.1 Å². The molecular weight excluding hydrogens is 713 g/mol. The third kappa shape index (κ3) is 11.5. The van der Waals surface area contributed by atoms with Gasteiger partial charge in [-0.25, -0.2) is 14.4 Å². The summed E-state index contributed by atoms with van der Waals surface area (Å²) in [7, 11) is 0. The van der Waals surface area contributed by atoms with Gasteiger partial charge in [0.05, 0.1) is 6.04 Å². The monoisotopic (exact) mass is 783 g/mol. The van der Waals surface area contributed by atoms with Crippen LogP contribution in [0.25, 0.3) is 0 Å². The van der Waals surface area contributed by atoms with E-state index in [1.165, 1.54) is 0 Å². The van der Waals surface area contributed by atoms with E-state index < -0.39 is 46.9 Å². The lowest BCUT2D eigenvalue weighted by molar-refractivity contribution is -0.166. The fourth-order valence-corrected chi connectivity index (χ4v) is 8.64. The molecule has 1 aromatic carbocycles. The van der Waals surface area contributed by atoms with Crippen molar-refractivity contribution in [2.45, 2.75) is 164 Å². The number of esters is 2. The zero-order chi connectivity index (χ0) is 42.0. The molecule has 3 amide bonds. The lowest BCUT2D eigenvalue weighted by Crippen LogP contribution is -2.57. The quantitative estimate of drug-likeness (QED) is 0.229. The maximum atomic E-state index is 13.8. The van der Waals surface area contributed by atoms with E-state index in [4.69, 9.17) is 19.9 Å². The number of carbonyl (C=O) groups excluding carboxylic acids is 5. The molecule has 4 aliphatic rings. The van der Waals surface area contributed by atoms with Crippen LogP contribution in [0.15, 0.2) is 30.3 Å². The Morgan fingerprint density at radius 2 is 1.12 bits per heavy atom. The largest absolute Gasteiger partial charge is 0.458 e. The number of fused-ring (bicyclic) bond motifs is 2. The van der Waals surface area contributed by atoms with E-state index in [-0.39, 0.29) is 53.5 Å². The second-order valence-corrected chi connectivity index (χ2v) is 20.5. The highest BCUT2D eigenvalue weighted by Crippen LogP contribution is 2.45. The topological polar surface area (TPSA) is 158 Å². The summed E-state index contributed by atoms with van der Waals surface area (Å²) in [5, 5.41) is 2.77. The number of ether oxygens (including phenoxy) is 3. The van der Waals surface area contributed by atoms with Crippen LogP contribution in [-0.2, 0) is 40.0 Å². The summed E-state index contributed by atoms with van der Waals surface area (Å²) in [5.41, 5.74) is 4.96. The lowest BCUT2D eigenvalue weighted by atomic mass is 9.85. The van der Waals surface area contributed by atoms with E-state index in [1.54, 1.807) is 9.80 Å². The highest BCUT2D eigenvalue weighted by atomic mass is 16.6. The number of hydrogen-bond acceptors (Lipinski definition) is 9. The van der Waals surface area contributed by atoms with Gasteiger partial charge in [-0.1, -0.05) is 84.7 Å². The Morgan fingerprint density at radius 1 is 0.679 bits per heavy atom. The van der Waals surface area contributed by atoms with E-state index in [9.17, 15) is 24.0 Å². The van der Waals surface area contributed by atoms with Crippen molar-refractivity contribution in [1.82, 2.24) is 15.1 Å². The molecule has 12 heteroatoms. The van der Waals surface area contributed by atoms with Gasteiger partial charge < -0.3 is 35.1 Å². The van der Waals surface area contributed by atoms with Crippen molar-refractivity contribution in [3.8, 4) is 0 Å². The maximum Gasteiger partial charge on any atom is 0.408 e. The van der Waals surface area contributed by atoms with Crippen LogP contribution in [0.5, 0.6) is 0 Å². The molecule has 0 radical (unpaired) electrons. The van der Waals surface area contributed by atoms with Crippen molar-refractivity contribution < 1.29 is 38.2 Å². The number of rotatable bonds is 7. The van der Waals surface area contributed by atoms with Crippen molar-refractivity contribution in [3.05, 3.63) is 35.9 Å². The number of likely N-dealkylation sites (tertiary alicyclic amines) is 2. The molecule has 4 fully saturated rings. The molecule has 1 aromatic rings. The van der Waals surface area contributed by atoms with Crippen LogP contribution in [0.2, 0.25) is 0 Å². The predicted molar refractivity (Wildman–Crippen MR) is 215 cm³/mol. The second kappa shape index (κ2) is 17.4. The highest BCUT2D eigenvalue weighted by Gasteiger charge is 2.54. The van der Waals surface area contributed by atoms with E-state index in [0.29, 0.717) is 19.0 Å². The molecule has 12 nitrogen and oxygen atoms in total. The van der Waals surface area contributed by atoms with Crippen molar-refractivity contribution >= 4 is 29.8 Å². The molecular formula is C44H70N4O8. The van der Waals surface area contributed by atoms with Crippen molar-refractivity contribution in [1.29, 1.82) is 0 Å². The lowest BCUT2D eigenvalue weighted by Gasteiger charge is -2.36. The molecule has 0 bridgehead atoms. The number of alkyl carbamates (subject to hydrolysis) is 1. The molecule has 0 aromatic heterocycles. The summed E-state index contributed by atoms with van der Waals surface area (Å²) in [6.07, 6.45) is 5.51. The van der Waals surface area contributed by atoms with Crippen molar-refractivity contribution in [3.63, 3.8) is 0 Å². The Labute approximate surface area is 335 Å². The van der Waals surface area contributed by atoms with Gasteiger partial charge in [-0.05, 0) is 107 Å². The fourth-order valence-electron chi connectivity index (χ4n) is 8.64. The van der Waals surface area contributed by atoms with Gasteiger partial charge in [-0.3, -0.25) is 9.59 Å².